The first-order valence-corrected chi connectivity index (χ1v) is 10.5. The number of rotatable bonds is 6. The molecule has 1 N–H and O–H groups in total. The molecule has 1 aromatic heterocycles. The first kappa shape index (κ1) is 23.1. The monoisotopic (exact) mass is 467 g/mol. The van der Waals surface area contributed by atoms with Gasteiger partial charge in [0.2, 0.25) is 11.8 Å². The number of nitrogens with one attached hydrogen (secondary N) is 1. The van der Waals surface area contributed by atoms with Gasteiger partial charge in [0.1, 0.15) is 23.7 Å². The van der Waals surface area contributed by atoms with E-state index in [1.165, 1.54) is 18.3 Å². The number of benzene rings is 2. The fourth-order valence-corrected chi connectivity index (χ4v) is 3.50. The van der Waals surface area contributed by atoms with Crippen LogP contribution < -0.4 is 14.8 Å². The standard InChI is InChI=1S/C25H20F3N3O3/c1-15-10-19(5-8-22(15)34-23-9-2-16(13-29)14-30-23)31-24(32)17-11-21(12-17)33-20-6-3-18(4-7-20)25(26,27)28/h2-10,14,17,21H,11-12H2,1H3,(H,31,32). The minimum atomic E-state index is -4.39. The molecule has 174 valence electrons. The quantitative estimate of drug-likeness (QED) is 0.490. The average molecular weight is 467 g/mol. The van der Waals surface area contributed by atoms with Gasteiger partial charge in [-0.05, 0) is 73.9 Å². The number of anilines is 1. The summed E-state index contributed by atoms with van der Waals surface area (Å²) in [7, 11) is 0. The van der Waals surface area contributed by atoms with E-state index in [9.17, 15) is 18.0 Å². The van der Waals surface area contributed by atoms with Gasteiger partial charge in [-0.2, -0.15) is 18.4 Å². The molecule has 0 unspecified atom stereocenters. The van der Waals surface area contributed by atoms with Crippen molar-refractivity contribution in [3.8, 4) is 23.4 Å². The lowest BCUT2D eigenvalue weighted by Crippen LogP contribution is -2.40. The summed E-state index contributed by atoms with van der Waals surface area (Å²) in [6.07, 6.45) is -2.22. The minimum absolute atomic E-state index is 0.144. The Morgan fingerprint density at radius 1 is 1.12 bits per heavy atom. The number of nitrogens with zero attached hydrogens (tertiary/aromatic N) is 2. The number of nitriles is 1. The fourth-order valence-electron chi connectivity index (χ4n) is 3.50. The van der Waals surface area contributed by atoms with E-state index in [1.54, 1.807) is 30.3 Å². The van der Waals surface area contributed by atoms with Crippen LogP contribution in [0.1, 0.15) is 29.5 Å². The Morgan fingerprint density at radius 2 is 1.85 bits per heavy atom. The Hall–Kier alpha value is -4.06. The Morgan fingerprint density at radius 3 is 2.44 bits per heavy atom. The first-order valence-electron chi connectivity index (χ1n) is 10.5. The largest absolute Gasteiger partial charge is 0.490 e. The maximum atomic E-state index is 12.6. The summed E-state index contributed by atoms with van der Waals surface area (Å²) in [6, 6.07) is 15.0. The normalized spacial score (nSPS) is 17.3. The number of alkyl halides is 3. The molecule has 1 heterocycles. The SMILES string of the molecule is Cc1cc(NC(=O)C2CC(Oc3ccc(C(F)(F)F)cc3)C2)ccc1Oc1ccc(C#N)cn1. The average Bonchev–Trinajstić information content (AvgIpc) is 2.78. The van der Waals surface area contributed by atoms with Crippen LogP contribution in [0, 0.1) is 24.2 Å². The van der Waals surface area contributed by atoms with Gasteiger partial charge in [-0.15, -0.1) is 0 Å². The van der Waals surface area contributed by atoms with Crippen molar-refractivity contribution in [1.29, 1.82) is 5.26 Å². The molecule has 1 fully saturated rings. The second kappa shape index (κ2) is 9.43. The van der Waals surface area contributed by atoms with Crippen molar-refractivity contribution in [3.63, 3.8) is 0 Å². The summed E-state index contributed by atoms with van der Waals surface area (Å²) in [5.41, 5.74) is 1.12. The van der Waals surface area contributed by atoms with Gasteiger partial charge in [0.05, 0.1) is 11.1 Å². The molecule has 0 spiro atoms. The van der Waals surface area contributed by atoms with Crippen LogP contribution in [0.15, 0.2) is 60.8 Å². The van der Waals surface area contributed by atoms with Gasteiger partial charge in [0.15, 0.2) is 0 Å². The lowest BCUT2D eigenvalue weighted by Gasteiger charge is -2.34. The van der Waals surface area contributed by atoms with Gasteiger partial charge < -0.3 is 14.8 Å². The number of aromatic nitrogens is 1. The summed E-state index contributed by atoms with van der Waals surface area (Å²) in [4.78, 5) is 16.6. The van der Waals surface area contributed by atoms with Crippen LogP contribution in [0.2, 0.25) is 0 Å². The molecule has 0 saturated heterocycles. The van der Waals surface area contributed by atoms with Crippen molar-refractivity contribution in [3.05, 3.63) is 77.5 Å². The number of aryl methyl sites for hydroxylation is 1. The van der Waals surface area contributed by atoms with E-state index in [2.05, 4.69) is 10.3 Å². The maximum absolute atomic E-state index is 12.6. The number of pyridine rings is 1. The zero-order valence-corrected chi connectivity index (χ0v) is 18.1. The van der Waals surface area contributed by atoms with Crippen LogP contribution in [-0.4, -0.2) is 17.0 Å². The van der Waals surface area contributed by atoms with Crippen molar-refractivity contribution in [1.82, 2.24) is 4.98 Å². The van der Waals surface area contributed by atoms with Crippen molar-refractivity contribution < 1.29 is 27.4 Å². The van der Waals surface area contributed by atoms with E-state index in [0.29, 0.717) is 41.5 Å². The molecule has 4 rings (SSSR count). The zero-order valence-electron chi connectivity index (χ0n) is 18.1. The highest BCUT2D eigenvalue weighted by molar-refractivity contribution is 5.93. The Kier molecular flexibility index (Phi) is 6.41. The molecule has 0 aliphatic heterocycles. The zero-order chi connectivity index (χ0) is 24.3. The third-order valence-electron chi connectivity index (χ3n) is 5.47. The number of carbonyl (C=O) groups is 1. The summed E-state index contributed by atoms with van der Waals surface area (Å²) in [5.74, 6) is 0.892. The number of halogens is 3. The summed E-state index contributed by atoms with van der Waals surface area (Å²) >= 11 is 0. The molecule has 1 aliphatic rings. The summed E-state index contributed by atoms with van der Waals surface area (Å²) in [6.45, 7) is 1.84. The van der Waals surface area contributed by atoms with Crippen LogP contribution in [0.4, 0.5) is 18.9 Å². The molecule has 6 nitrogen and oxygen atoms in total. The lowest BCUT2D eigenvalue weighted by molar-refractivity contribution is -0.137. The van der Waals surface area contributed by atoms with Crippen molar-refractivity contribution in [2.45, 2.75) is 32.0 Å². The second-order valence-electron chi connectivity index (χ2n) is 8.00. The summed E-state index contributed by atoms with van der Waals surface area (Å²) < 4.78 is 49.3. The highest BCUT2D eigenvalue weighted by Crippen LogP contribution is 2.35. The number of hydrogen-bond donors (Lipinski definition) is 1. The predicted molar refractivity (Wildman–Crippen MR) is 117 cm³/mol. The molecule has 1 aliphatic carbocycles. The molecular formula is C25H20F3N3O3. The molecule has 34 heavy (non-hydrogen) atoms. The molecule has 3 aromatic rings. The van der Waals surface area contributed by atoms with Crippen LogP contribution in [-0.2, 0) is 11.0 Å². The topological polar surface area (TPSA) is 84.2 Å². The maximum Gasteiger partial charge on any atom is 0.416 e. The molecule has 0 atom stereocenters. The molecule has 1 amide bonds. The summed E-state index contributed by atoms with van der Waals surface area (Å²) in [5, 5.41) is 11.7. The van der Waals surface area contributed by atoms with Gasteiger partial charge in [0, 0.05) is 23.9 Å². The van der Waals surface area contributed by atoms with E-state index in [4.69, 9.17) is 14.7 Å². The van der Waals surface area contributed by atoms with Gasteiger partial charge in [-0.1, -0.05) is 0 Å². The van der Waals surface area contributed by atoms with Crippen molar-refractivity contribution in [2.75, 3.05) is 5.32 Å². The smallest absolute Gasteiger partial charge is 0.416 e. The van der Waals surface area contributed by atoms with Gasteiger partial charge in [0.25, 0.3) is 0 Å². The molecule has 0 radical (unpaired) electrons. The third-order valence-corrected chi connectivity index (χ3v) is 5.47. The highest BCUT2D eigenvalue weighted by Gasteiger charge is 2.36. The Balaban J connectivity index is 1.27. The van der Waals surface area contributed by atoms with Crippen LogP contribution in [0.25, 0.3) is 0 Å². The van der Waals surface area contributed by atoms with Gasteiger partial charge in [-0.25, -0.2) is 4.98 Å². The minimum Gasteiger partial charge on any atom is -0.490 e. The predicted octanol–water partition coefficient (Wildman–Crippen LogP) is 5.87. The second-order valence-corrected chi connectivity index (χ2v) is 8.00. The Bertz CT molecular complexity index is 1210. The first-order chi connectivity index (χ1) is 16.2. The number of ether oxygens (including phenoxy) is 2. The fraction of sp³-hybridized carbons (Fsp3) is 0.240. The molecule has 0 bridgehead atoms. The Labute approximate surface area is 194 Å². The lowest BCUT2D eigenvalue weighted by atomic mass is 9.81. The van der Waals surface area contributed by atoms with E-state index in [-0.39, 0.29) is 17.9 Å². The van der Waals surface area contributed by atoms with E-state index >= 15 is 0 Å². The third kappa shape index (κ3) is 5.46. The number of amides is 1. The molecule has 9 heteroatoms. The van der Waals surface area contributed by atoms with Gasteiger partial charge >= 0.3 is 6.18 Å². The van der Waals surface area contributed by atoms with E-state index in [1.807, 2.05) is 13.0 Å². The van der Waals surface area contributed by atoms with E-state index < -0.39 is 11.7 Å². The number of hydrogen-bond acceptors (Lipinski definition) is 5. The van der Waals surface area contributed by atoms with Crippen molar-refractivity contribution in [2.24, 2.45) is 5.92 Å². The van der Waals surface area contributed by atoms with Crippen molar-refractivity contribution >= 4 is 11.6 Å². The van der Waals surface area contributed by atoms with E-state index in [0.717, 1.165) is 17.7 Å². The number of carbonyl (C=O) groups excluding carboxylic acids is 1. The molecule has 2 aromatic carbocycles. The van der Waals surface area contributed by atoms with Crippen LogP contribution in [0.3, 0.4) is 0 Å². The van der Waals surface area contributed by atoms with Crippen LogP contribution in [0.5, 0.6) is 17.4 Å². The molecule has 1 saturated carbocycles. The van der Waals surface area contributed by atoms with Gasteiger partial charge in [-0.3, -0.25) is 4.79 Å². The van der Waals surface area contributed by atoms with Crippen LogP contribution >= 0.6 is 0 Å². The highest BCUT2D eigenvalue weighted by atomic mass is 19.4. The molecular weight excluding hydrogens is 447 g/mol.